The third-order valence-electron chi connectivity index (χ3n) is 7.82. The highest BCUT2D eigenvalue weighted by Crippen LogP contribution is 2.43. The number of likely N-dealkylation sites (N-methyl/N-ethyl adjacent to an activating group) is 1. The lowest BCUT2D eigenvalue weighted by molar-refractivity contribution is 0.222. The molecule has 2 aliphatic rings. The average molecular weight is 561 g/mol. The van der Waals surface area contributed by atoms with Gasteiger partial charge in [0.2, 0.25) is 15.7 Å². The lowest BCUT2D eigenvalue weighted by Gasteiger charge is -2.31. The number of piperazine rings is 2. The SMILES string of the molecule is CN1CCN(S(=O)(=O)c2ccc(-c3oc4nccc(NCCN5CCNCC5)c4c3-c3ccccc3)cc2)CC1. The van der Waals surface area contributed by atoms with Gasteiger partial charge in [-0.2, -0.15) is 4.31 Å². The van der Waals surface area contributed by atoms with E-state index in [1.807, 2.05) is 43.4 Å². The number of sulfonamides is 1. The van der Waals surface area contributed by atoms with E-state index in [2.05, 4.69) is 37.6 Å². The fourth-order valence-corrected chi connectivity index (χ4v) is 6.92. The van der Waals surface area contributed by atoms with Crippen LogP contribution in [0.3, 0.4) is 0 Å². The van der Waals surface area contributed by atoms with Gasteiger partial charge in [-0.25, -0.2) is 13.4 Å². The predicted octanol–water partition coefficient (Wildman–Crippen LogP) is 3.42. The molecule has 2 aliphatic heterocycles. The summed E-state index contributed by atoms with van der Waals surface area (Å²) in [6.07, 6.45) is 1.77. The average Bonchev–Trinajstić information content (AvgIpc) is 3.39. The molecule has 0 atom stereocenters. The Balaban J connectivity index is 1.34. The molecule has 4 aromatic rings. The van der Waals surface area contributed by atoms with E-state index in [1.54, 1.807) is 22.6 Å². The summed E-state index contributed by atoms with van der Waals surface area (Å²) < 4.78 is 34.5. The second-order valence-corrected chi connectivity index (χ2v) is 12.4. The molecule has 0 amide bonds. The van der Waals surface area contributed by atoms with E-state index in [-0.39, 0.29) is 0 Å². The number of fused-ring (bicyclic) bond motifs is 1. The highest BCUT2D eigenvalue weighted by atomic mass is 32.2. The summed E-state index contributed by atoms with van der Waals surface area (Å²) in [6.45, 7) is 8.39. The van der Waals surface area contributed by atoms with Crippen molar-refractivity contribution in [3.05, 3.63) is 66.9 Å². The van der Waals surface area contributed by atoms with Crippen LogP contribution in [0.4, 0.5) is 5.69 Å². The number of hydrogen-bond donors (Lipinski definition) is 2. The lowest BCUT2D eigenvalue weighted by atomic mass is 9.98. The van der Waals surface area contributed by atoms with Crippen molar-refractivity contribution in [2.45, 2.75) is 4.90 Å². The van der Waals surface area contributed by atoms with Gasteiger partial charge in [0.25, 0.3) is 0 Å². The maximum absolute atomic E-state index is 13.3. The van der Waals surface area contributed by atoms with Crippen LogP contribution in [0.1, 0.15) is 0 Å². The van der Waals surface area contributed by atoms with E-state index in [1.165, 1.54) is 0 Å². The first-order valence-corrected chi connectivity index (χ1v) is 15.4. The lowest BCUT2D eigenvalue weighted by Crippen LogP contribution is -2.46. The van der Waals surface area contributed by atoms with E-state index < -0.39 is 10.0 Å². The monoisotopic (exact) mass is 560 g/mol. The highest BCUT2D eigenvalue weighted by Gasteiger charge is 2.28. The van der Waals surface area contributed by atoms with Crippen LogP contribution in [0.15, 0.2) is 76.2 Å². The molecule has 0 bridgehead atoms. The van der Waals surface area contributed by atoms with Crippen LogP contribution in [0, 0.1) is 0 Å². The van der Waals surface area contributed by atoms with Crippen LogP contribution in [0.5, 0.6) is 0 Å². The molecule has 2 fully saturated rings. The van der Waals surface area contributed by atoms with Crippen molar-refractivity contribution in [1.82, 2.24) is 24.4 Å². The summed E-state index contributed by atoms with van der Waals surface area (Å²) in [4.78, 5) is 9.46. The maximum atomic E-state index is 13.3. The molecule has 4 heterocycles. The van der Waals surface area contributed by atoms with Crippen LogP contribution in [-0.2, 0) is 10.0 Å². The summed E-state index contributed by atoms with van der Waals surface area (Å²) in [7, 11) is -1.54. The number of furan rings is 1. The van der Waals surface area contributed by atoms with Gasteiger partial charge in [0.05, 0.1) is 10.3 Å². The van der Waals surface area contributed by atoms with Gasteiger partial charge < -0.3 is 20.0 Å². The Bertz CT molecular complexity index is 1540. The maximum Gasteiger partial charge on any atom is 0.243 e. The summed E-state index contributed by atoms with van der Waals surface area (Å²) in [5.41, 5.74) is 4.30. The number of aromatic nitrogens is 1. The minimum absolute atomic E-state index is 0.298. The Kier molecular flexibility index (Phi) is 7.86. The van der Waals surface area contributed by atoms with Crippen molar-refractivity contribution in [3.8, 4) is 22.5 Å². The molecular formula is C30H36N6O3S. The van der Waals surface area contributed by atoms with Crippen molar-refractivity contribution in [2.75, 3.05) is 77.8 Å². The summed E-state index contributed by atoms with van der Waals surface area (Å²) in [5, 5.41) is 7.96. The van der Waals surface area contributed by atoms with Gasteiger partial charge in [0.1, 0.15) is 5.76 Å². The Labute approximate surface area is 235 Å². The smallest absolute Gasteiger partial charge is 0.243 e. The molecule has 0 unspecified atom stereocenters. The van der Waals surface area contributed by atoms with Crippen LogP contribution in [-0.4, -0.2) is 100 Å². The number of benzene rings is 2. The summed E-state index contributed by atoms with van der Waals surface area (Å²) >= 11 is 0. The van der Waals surface area contributed by atoms with Gasteiger partial charge in [-0.05, 0) is 42.9 Å². The molecule has 0 radical (unpaired) electrons. The van der Waals surface area contributed by atoms with E-state index in [0.717, 1.165) is 80.1 Å². The molecular weight excluding hydrogens is 524 g/mol. The molecule has 9 nitrogen and oxygen atoms in total. The molecule has 2 aromatic heterocycles. The van der Waals surface area contributed by atoms with Crippen molar-refractivity contribution >= 4 is 26.8 Å². The Morgan fingerprint density at radius 1 is 0.900 bits per heavy atom. The predicted molar refractivity (Wildman–Crippen MR) is 159 cm³/mol. The molecule has 0 saturated carbocycles. The quantitative estimate of drug-likeness (QED) is 0.339. The fraction of sp³-hybridized carbons (Fsp3) is 0.367. The number of nitrogens with one attached hydrogen (secondary N) is 2. The topological polar surface area (TPSA) is 94.0 Å². The number of hydrogen-bond acceptors (Lipinski definition) is 8. The zero-order chi connectivity index (χ0) is 27.5. The summed E-state index contributed by atoms with van der Waals surface area (Å²) in [5.74, 6) is 0.675. The van der Waals surface area contributed by atoms with Crippen molar-refractivity contribution < 1.29 is 12.8 Å². The third kappa shape index (κ3) is 5.50. The normalized spacial score (nSPS) is 17.8. The molecule has 0 aliphatic carbocycles. The Morgan fingerprint density at radius 3 is 2.35 bits per heavy atom. The first kappa shape index (κ1) is 26.9. The number of pyridine rings is 1. The van der Waals surface area contributed by atoms with E-state index in [9.17, 15) is 8.42 Å². The van der Waals surface area contributed by atoms with Crippen molar-refractivity contribution in [2.24, 2.45) is 0 Å². The van der Waals surface area contributed by atoms with Crippen LogP contribution in [0.2, 0.25) is 0 Å². The number of nitrogens with zero attached hydrogens (tertiary/aromatic N) is 4. The van der Waals surface area contributed by atoms with Crippen LogP contribution >= 0.6 is 0 Å². The third-order valence-corrected chi connectivity index (χ3v) is 9.74. The zero-order valence-corrected chi connectivity index (χ0v) is 23.7. The minimum Gasteiger partial charge on any atom is -0.437 e. The minimum atomic E-state index is -3.55. The molecule has 2 saturated heterocycles. The largest absolute Gasteiger partial charge is 0.437 e. The van der Waals surface area contributed by atoms with E-state index in [4.69, 9.17) is 4.42 Å². The Morgan fingerprint density at radius 2 is 1.62 bits per heavy atom. The molecule has 2 aromatic carbocycles. The van der Waals surface area contributed by atoms with Gasteiger partial charge in [-0.1, -0.05) is 30.3 Å². The molecule has 10 heteroatoms. The second-order valence-electron chi connectivity index (χ2n) is 10.5. The summed E-state index contributed by atoms with van der Waals surface area (Å²) in [6, 6.07) is 19.2. The zero-order valence-electron chi connectivity index (χ0n) is 22.8. The van der Waals surface area contributed by atoms with Crippen LogP contribution < -0.4 is 10.6 Å². The fourth-order valence-electron chi connectivity index (χ4n) is 5.49. The molecule has 0 spiro atoms. The number of rotatable bonds is 8. The molecule has 2 N–H and O–H groups in total. The molecule has 6 rings (SSSR count). The van der Waals surface area contributed by atoms with Gasteiger partial charge in [0, 0.05) is 88.5 Å². The first-order valence-electron chi connectivity index (χ1n) is 13.9. The standard InChI is InChI=1S/C30H36N6O3S/c1-34-19-21-36(22-20-34)40(37,38)25-9-7-24(8-10-25)29-27(23-5-3-2-4-6-23)28-26(11-12-33-30(28)39-29)32-15-18-35-16-13-31-14-17-35/h2-12,31H,13-22H2,1H3,(H,32,33). The van der Waals surface area contributed by atoms with Crippen molar-refractivity contribution in [1.29, 1.82) is 0 Å². The first-order chi connectivity index (χ1) is 19.5. The van der Waals surface area contributed by atoms with E-state index >= 15 is 0 Å². The second kappa shape index (κ2) is 11.7. The van der Waals surface area contributed by atoms with Gasteiger partial charge in [0.15, 0.2) is 0 Å². The number of anilines is 1. The Hall–Kier alpha value is -3.28. The van der Waals surface area contributed by atoms with Gasteiger partial charge in [-0.3, -0.25) is 4.90 Å². The molecule has 40 heavy (non-hydrogen) atoms. The highest BCUT2D eigenvalue weighted by molar-refractivity contribution is 7.89. The van der Waals surface area contributed by atoms with Crippen molar-refractivity contribution in [3.63, 3.8) is 0 Å². The van der Waals surface area contributed by atoms with E-state index in [0.29, 0.717) is 29.5 Å². The van der Waals surface area contributed by atoms with Gasteiger partial charge in [-0.15, -0.1) is 0 Å². The van der Waals surface area contributed by atoms with Gasteiger partial charge >= 0.3 is 0 Å². The molecule has 210 valence electrons. The van der Waals surface area contributed by atoms with Crippen LogP contribution in [0.25, 0.3) is 33.6 Å².